The van der Waals surface area contributed by atoms with Gasteiger partial charge in [0.1, 0.15) is 12.4 Å². The Kier molecular flexibility index (Phi) is 8.74. The van der Waals surface area contributed by atoms with Crippen molar-refractivity contribution < 1.29 is 14.7 Å². The van der Waals surface area contributed by atoms with Gasteiger partial charge in [-0.15, -0.1) is 0 Å². The van der Waals surface area contributed by atoms with Gasteiger partial charge in [0.05, 0.1) is 11.5 Å². The minimum absolute atomic E-state index is 0.542. The number of hydrogen-bond acceptors (Lipinski definition) is 4. The largest absolute Gasteiger partial charge is 0.544 e. The number of allylic oxidation sites excluding steroid dienone is 1. The number of nitrogens with zero attached hydrogens (tertiary/aromatic N) is 1. The minimum Gasteiger partial charge on any atom is -0.544 e. The molecular weight excluding hydrogens is 146 g/mol. The van der Waals surface area contributed by atoms with Crippen LogP contribution in [0.15, 0.2) is 24.8 Å². The summed E-state index contributed by atoms with van der Waals surface area (Å²) in [4.78, 5) is 18.6. The van der Waals surface area contributed by atoms with Gasteiger partial charge in [-0.25, -0.2) is 0 Å². The first-order valence-corrected chi connectivity index (χ1v) is 2.46. The number of aldehydes is 1. The van der Waals surface area contributed by atoms with Crippen molar-refractivity contribution in [2.45, 2.75) is 0 Å². The number of aliphatic carboxylic acids is 1. The maximum atomic E-state index is 9.50. The first kappa shape index (κ1) is 11.9. The number of carboxylic acid groups (broad SMARTS) is 1. The summed E-state index contributed by atoms with van der Waals surface area (Å²) in [5.41, 5.74) is -0.542. The van der Waals surface area contributed by atoms with Crippen LogP contribution < -0.4 is 5.11 Å². The van der Waals surface area contributed by atoms with Crippen LogP contribution in [0.5, 0.6) is 0 Å². The van der Waals surface area contributed by atoms with Crippen molar-refractivity contribution in [3.63, 3.8) is 0 Å². The SMILES string of the molecule is C=C(C#N)C(=O)[O-].C=CC=O. The van der Waals surface area contributed by atoms with Crippen LogP contribution in [-0.2, 0) is 9.59 Å². The predicted octanol–water partition coefficient (Wildman–Crippen LogP) is -0.813. The smallest absolute Gasteiger partial charge is 0.142 e. The summed E-state index contributed by atoms with van der Waals surface area (Å²) < 4.78 is 0. The van der Waals surface area contributed by atoms with Gasteiger partial charge < -0.3 is 9.90 Å². The molecule has 0 aliphatic carbocycles. The quantitative estimate of drug-likeness (QED) is 0.294. The van der Waals surface area contributed by atoms with Crippen molar-refractivity contribution in [1.82, 2.24) is 0 Å². The maximum absolute atomic E-state index is 9.50. The van der Waals surface area contributed by atoms with E-state index in [9.17, 15) is 9.90 Å². The highest BCUT2D eigenvalue weighted by molar-refractivity contribution is 5.88. The zero-order valence-electron chi connectivity index (χ0n) is 5.74. The van der Waals surface area contributed by atoms with Crippen LogP contribution in [0.1, 0.15) is 0 Å². The summed E-state index contributed by atoms with van der Waals surface area (Å²) in [5.74, 6) is -1.51. The fraction of sp³-hybridized carbons (Fsp3) is 0. The third-order valence-electron chi connectivity index (χ3n) is 0.478. The molecule has 4 heteroatoms. The molecule has 0 aliphatic rings. The summed E-state index contributed by atoms with van der Waals surface area (Å²) in [6.07, 6.45) is 1.83. The first-order chi connectivity index (χ1) is 5.09. The molecule has 0 saturated heterocycles. The van der Waals surface area contributed by atoms with E-state index in [1.54, 1.807) is 0 Å². The Morgan fingerprint density at radius 1 is 1.64 bits per heavy atom. The van der Waals surface area contributed by atoms with Crippen LogP contribution in [0.4, 0.5) is 0 Å². The van der Waals surface area contributed by atoms with E-state index in [0.717, 1.165) is 0 Å². The van der Waals surface area contributed by atoms with E-state index >= 15 is 0 Å². The van der Waals surface area contributed by atoms with E-state index in [4.69, 9.17) is 10.1 Å². The lowest BCUT2D eigenvalue weighted by Gasteiger charge is -1.90. The van der Waals surface area contributed by atoms with Gasteiger partial charge >= 0.3 is 0 Å². The van der Waals surface area contributed by atoms with E-state index < -0.39 is 11.5 Å². The molecule has 4 nitrogen and oxygen atoms in total. The van der Waals surface area contributed by atoms with E-state index in [1.165, 1.54) is 12.1 Å². The Labute approximate surface area is 64.1 Å². The number of carbonyl (C=O) groups is 2. The lowest BCUT2D eigenvalue weighted by atomic mass is 10.4. The molecule has 0 aromatic rings. The lowest BCUT2D eigenvalue weighted by molar-refractivity contribution is -0.298. The highest BCUT2D eigenvalue weighted by Crippen LogP contribution is 1.78. The Hall–Kier alpha value is -1.89. The Bertz CT molecular complexity index is 206. The molecule has 0 saturated carbocycles. The molecule has 0 rings (SSSR count). The Morgan fingerprint density at radius 3 is 2.00 bits per heavy atom. The van der Waals surface area contributed by atoms with Crippen LogP contribution in [0, 0.1) is 11.3 Å². The third-order valence-corrected chi connectivity index (χ3v) is 0.478. The third kappa shape index (κ3) is 11.6. The second-order valence-corrected chi connectivity index (χ2v) is 1.25. The van der Waals surface area contributed by atoms with Crippen LogP contribution in [0.25, 0.3) is 0 Å². The van der Waals surface area contributed by atoms with Crippen molar-refractivity contribution in [2.24, 2.45) is 0 Å². The number of hydrogen-bond donors (Lipinski definition) is 0. The highest BCUT2D eigenvalue weighted by Gasteiger charge is 1.85. The minimum atomic E-state index is -1.51. The van der Waals surface area contributed by atoms with Crippen LogP contribution in [-0.4, -0.2) is 12.3 Å². The molecule has 0 spiro atoms. The van der Waals surface area contributed by atoms with Crippen molar-refractivity contribution in [3.05, 3.63) is 24.8 Å². The molecule has 0 aliphatic heterocycles. The number of rotatable bonds is 2. The zero-order chi connectivity index (χ0) is 9.28. The van der Waals surface area contributed by atoms with Crippen molar-refractivity contribution in [3.8, 4) is 6.07 Å². The fourth-order valence-electron chi connectivity index (χ4n) is 0.0456. The van der Waals surface area contributed by atoms with Crippen molar-refractivity contribution in [1.29, 1.82) is 5.26 Å². The van der Waals surface area contributed by atoms with E-state index in [-0.39, 0.29) is 0 Å². The number of carboxylic acids is 1. The lowest BCUT2D eigenvalue weighted by Crippen LogP contribution is -2.22. The van der Waals surface area contributed by atoms with E-state index in [0.29, 0.717) is 6.29 Å². The molecular formula is C7H6NO3-. The molecule has 0 aromatic carbocycles. The normalized spacial score (nSPS) is 6.09. The second-order valence-electron chi connectivity index (χ2n) is 1.25. The van der Waals surface area contributed by atoms with E-state index in [2.05, 4.69) is 13.2 Å². The van der Waals surface area contributed by atoms with Gasteiger partial charge in [-0.3, -0.25) is 4.79 Å². The average molecular weight is 152 g/mol. The zero-order valence-corrected chi connectivity index (χ0v) is 5.74. The molecule has 0 fully saturated rings. The maximum Gasteiger partial charge on any atom is 0.142 e. The van der Waals surface area contributed by atoms with Crippen molar-refractivity contribution in [2.75, 3.05) is 0 Å². The summed E-state index contributed by atoms with van der Waals surface area (Å²) in [5, 5.41) is 17.2. The van der Waals surface area contributed by atoms with Crippen LogP contribution in [0.3, 0.4) is 0 Å². The van der Waals surface area contributed by atoms with Crippen molar-refractivity contribution >= 4 is 12.3 Å². The first-order valence-electron chi connectivity index (χ1n) is 2.46. The Balaban J connectivity index is 0. The molecule has 0 amide bonds. The molecule has 0 atom stereocenters. The predicted molar refractivity (Wildman–Crippen MR) is 36.0 cm³/mol. The highest BCUT2D eigenvalue weighted by atomic mass is 16.4. The van der Waals surface area contributed by atoms with Gasteiger partial charge in [-0.05, 0) is 6.08 Å². The van der Waals surface area contributed by atoms with Gasteiger partial charge in [0, 0.05) is 0 Å². The summed E-state index contributed by atoms with van der Waals surface area (Å²) in [7, 11) is 0. The van der Waals surface area contributed by atoms with Crippen LogP contribution >= 0.6 is 0 Å². The molecule has 0 bridgehead atoms. The molecule has 0 N–H and O–H groups in total. The number of nitriles is 1. The van der Waals surface area contributed by atoms with Gasteiger partial charge in [-0.2, -0.15) is 5.26 Å². The fourth-order valence-corrected chi connectivity index (χ4v) is 0.0456. The van der Waals surface area contributed by atoms with Crippen LogP contribution in [0.2, 0.25) is 0 Å². The molecule has 0 unspecified atom stereocenters. The molecule has 0 radical (unpaired) electrons. The molecule has 0 aromatic heterocycles. The summed E-state index contributed by atoms with van der Waals surface area (Å²) >= 11 is 0. The molecule has 11 heavy (non-hydrogen) atoms. The average Bonchev–Trinajstić information content (AvgIpc) is 2.03. The monoisotopic (exact) mass is 152 g/mol. The summed E-state index contributed by atoms with van der Waals surface area (Å²) in [6.45, 7) is 5.96. The summed E-state index contributed by atoms with van der Waals surface area (Å²) in [6, 6.07) is 1.31. The second kappa shape index (κ2) is 8.11. The molecule has 58 valence electrons. The number of carbonyl (C=O) groups excluding carboxylic acids is 2. The topological polar surface area (TPSA) is 81.0 Å². The van der Waals surface area contributed by atoms with E-state index in [1.807, 2.05) is 0 Å². The van der Waals surface area contributed by atoms with Gasteiger partial charge in [0.15, 0.2) is 0 Å². The van der Waals surface area contributed by atoms with Gasteiger partial charge in [0.25, 0.3) is 0 Å². The van der Waals surface area contributed by atoms with Gasteiger partial charge in [-0.1, -0.05) is 13.2 Å². The molecule has 0 heterocycles. The van der Waals surface area contributed by atoms with Gasteiger partial charge in [0.2, 0.25) is 0 Å². The standard InChI is InChI=1S/C4H3NO2.C3H4O/c1-3(2-5)4(6)7;1-2-3-4/h1H2,(H,6,7);2-3H,1H2/p-1. The Morgan fingerprint density at radius 2 is 2.00 bits per heavy atom.